The quantitative estimate of drug-likeness (QED) is 0.282. The average Bonchev–Trinajstić information content (AvgIpc) is 2.78. The van der Waals surface area contributed by atoms with Gasteiger partial charge in [0.25, 0.3) is 0 Å². The Morgan fingerprint density at radius 2 is 1.91 bits per heavy atom. The first-order valence-electron chi connectivity index (χ1n) is 9.68. The molecule has 2 N–H and O–H groups in total. The van der Waals surface area contributed by atoms with E-state index in [1.54, 1.807) is 42.5 Å². The van der Waals surface area contributed by atoms with Gasteiger partial charge in [0.1, 0.15) is 29.0 Å². The zero-order chi connectivity index (χ0) is 23.5. The van der Waals surface area contributed by atoms with E-state index in [1.165, 1.54) is 30.4 Å². The summed E-state index contributed by atoms with van der Waals surface area (Å²) in [5.41, 5.74) is 7.45. The molecule has 1 aliphatic rings. The van der Waals surface area contributed by atoms with Crippen LogP contribution in [0, 0.1) is 17.1 Å². The van der Waals surface area contributed by atoms with E-state index in [0.717, 1.165) is 0 Å². The van der Waals surface area contributed by atoms with E-state index < -0.39 is 17.7 Å². The summed E-state index contributed by atoms with van der Waals surface area (Å²) in [4.78, 5) is 12.3. The molecule has 1 atom stereocenters. The number of hydrogen-bond acceptors (Lipinski definition) is 5. The molecule has 1 aliphatic heterocycles. The highest BCUT2D eigenvalue weighted by molar-refractivity contribution is 6.35. The van der Waals surface area contributed by atoms with Crippen LogP contribution < -0.4 is 15.2 Å². The molecular formula is C25H15Cl2FN2O3. The lowest BCUT2D eigenvalue weighted by Gasteiger charge is -2.26. The van der Waals surface area contributed by atoms with Gasteiger partial charge in [-0.2, -0.15) is 5.26 Å². The van der Waals surface area contributed by atoms with Gasteiger partial charge in [0.2, 0.25) is 5.88 Å². The second kappa shape index (κ2) is 9.37. The summed E-state index contributed by atoms with van der Waals surface area (Å²) in [6.07, 6.45) is 2.73. The lowest BCUT2D eigenvalue weighted by molar-refractivity contribution is -0.128. The van der Waals surface area contributed by atoms with Crippen LogP contribution in [0.4, 0.5) is 4.39 Å². The Morgan fingerprint density at radius 3 is 2.64 bits per heavy atom. The van der Waals surface area contributed by atoms with Crippen molar-refractivity contribution in [2.24, 2.45) is 5.73 Å². The summed E-state index contributed by atoms with van der Waals surface area (Å²) in [5.74, 6) is -1.57. The monoisotopic (exact) mass is 480 g/mol. The van der Waals surface area contributed by atoms with Gasteiger partial charge < -0.3 is 15.2 Å². The maximum absolute atomic E-state index is 14.5. The Balaban J connectivity index is 1.61. The van der Waals surface area contributed by atoms with E-state index in [0.29, 0.717) is 21.2 Å². The average molecular weight is 481 g/mol. The summed E-state index contributed by atoms with van der Waals surface area (Å²) in [5, 5.41) is 10.5. The van der Waals surface area contributed by atoms with Crippen LogP contribution in [0.5, 0.6) is 11.5 Å². The predicted molar refractivity (Wildman–Crippen MR) is 123 cm³/mol. The number of hydrogen-bond donors (Lipinski definition) is 1. The van der Waals surface area contributed by atoms with Crippen molar-refractivity contribution < 1.29 is 18.7 Å². The predicted octanol–water partition coefficient (Wildman–Crippen LogP) is 5.97. The molecule has 3 aromatic rings. The van der Waals surface area contributed by atoms with E-state index in [9.17, 15) is 14.4 Å². The summed E-state index contributed by atoms with van der Waals surface area (Å²) in [6, 6.07) is 17.6. The van der Waals surface area contributed by atoms with Crippen molar-refractivity contribution in [3.63, 3.8) is 0 Å². The Labute approximate surface area is 199 Å². The minimum atomic E-state index is -0.753. The SMILES string of the molecule is N#CC1=C(N)Oc2cc(OC(=O)/C=C/c3ccc(Cl)cc3Cl)ccc2C1c1ccccc1F. The van der Waals surface area contributed by atoms with Gasteiger partial charge >= 0.3 is 5.97 Å². The molecule has 0 bridgehead atoms. The molecule has 0 saturated heterocycles. The van der Waals surface area contributed by atoms with Crippen molar-refractivity contribution in [2.75, 3.05) is 0 Å². The molecule has 0 fully saturated rings. The van der Waals surface area contributed by atoms with Gasteiger partial charge in [-0.15, -0.1) is 0 Å². The van der Waals surface area contributed by atoms with Crippen LogP contribution >= 0.6 is 23.2 Å². The van der Waals surface area contributed by atoms with Crippen LogP contribution in [0.2, 0.25) is 10.0 Å². The minimum Gasteiger partial charge on any atom is -0.440 e. The molecule has 8 heteroatoms. The highest BCUT2D eigenvalue weighted by atomic mass is 35.5. The first-order valence-corrected chi connectivity index (χ1v) is 10.4. The molecular weight excluding hydrogens is 466 g/mol. The number of esters is 1. The number of halogens is 3. The molecule has 0 spiro atoms. The molecule has 5 nitrogen and oxygen atoms in total. The van der Waals surface area contributed by atoms with Crippen molar-refractivity contribution in [2.45, 2.75) is 5.92 Å². The Bertz CT molecular complexity index is 1360. The number of ether oxygens (including phenoxy) is 2. The van der Waals surface area contributed by atoms with E-state index in [4.69, 9.17) is 38.4 Å². The van der Waals surface area contributed by atoms with Crippen LogP contribution in [-0.4, -0.2) is 5.97 Å². The van der Waals surface area contributed by atoms with Crippen molar-refractivity contribution in [3.05, 3.63) is 111 Å². The van der Waals surface area contributed by atoms with Gasteiger partial charge in [-0.05, 0) is 35.9 Å². The molecule has 0 aliphatic carbocycles. The number of allylic oxidation sites excluding steroid dienone is 1. The van der Waals surface area contributed by atoms with Gasteiger partial charge in [-0.3, -0.25) is 0 Å². The molecule has 0 radical (unpaired) electrons. The molecule has 33 heavy (non-hydrogen) atoms. The zero-order valence-corrected chi connectivity index (χ0v) is 18.4. The molecule has 3 aromatic carbocycles. The fraction of sp³-hybridized carbons (Fsp3) is 0.0400. The van der Waals surface area contributed by atoms with Gasteiger partial charge in [-0.25, -0.2) is 9.18 Å². The first kappa shape index (κ1) is 22.4. The molecule has 0 amide bonds. The van der Waals surface area contributed by atoms with Gasteiger partial charge in [0.05, 0.1) is 5.92 Å². The van der Waals surface area contributed by atoms with E-state index >= 15 is 0 Å². The number of fused-ring (bicyclic) bond motifs is 1. The summed E-state index contributed by atoms with van der Waals surface area (Å²) in [7, 11) is 0. The van der Waals surface area contributed by atoms with E-state index in [-0.39, 0.29) is 28.5 Å². The largest absolute Gasteiger partial charge is 0.440 e. The van der Waals surface area contributed by atoms with Crippen LogP contribution in [0.3, 0.4) is 0 Å². The number of benzene rings is 3. The van der Waals surface area contributed by atoms with Gasteiger partial charge in [-0.1, -0.05) is 53.5 Å². The fourth-order valence-corrected chi connectivity index (χ4v) is 3.94. The van der Waals surface area contributed by atoms with Crippen LogP contribution in [0.15, 0.2) is 78.2 Å². The molecule has 0 saturated carbocycles. The second-order valence-electron chi connectivity index (χ2n) is 7.07. The highest BCUT2D eigenvalue weighted by Gasteiger charge is 2.32. The summed E-state index contributed by atoms with van der Waals surface area (Å²) in [6.45, 7) is 0. The summed E-state index contributed by atoms with van der Waals surface area (Å²) < 4.78 is 25.5. The Hall–Kier alpha value is -3.79. The number of carbonyl (C=O) groups is 1. The number of carbonyl (C=O) groups excluding carboxylic acids is 1. The van der Waals surface area contributed by atoms with Crippen molar-refractivity contribution in [1.29, 1.82) is 5.26 Å². The minimum absolute atomic E-state index is 0.0973. The zero-order valence-electron chi connectivity index (χ0n) is 16.9. The van der Waals surface area contributed by atoms with Crippen LogP contribution in [0.1, 0.15) is 22.6 Å². The standard InChI is InChI=1S/C25H15Cl2FN2O3/c26-15-7-5-14(20(27)11-15)6-10-23(31)32-16-8-9-18-22(12-16)33-25(30)19(13-29)24(18)17-3-1-2-4-21(17)28/h1-12,24H,30H2/b10-6+. The third-order valence-corrected chi connectivity index (χ3v) is 5.55. The fourth-order valence-electron chi connectivity index (χ4n) is 3.47. The van der Waals surface area contributed by atoms with Crippen molar-refractivity contribution >= 4 is 35.2 Å². The maximum atomic E-state index is 14.5. The van der Waals surface area contributed by atoms with Crippen molar-refractivity contribution in [3.8, 4) is 17.6 Å². The second-order valence-corrected chi connectivity index (χ2v) is 7.91. The molecule has 1 unspecified atom stereocenters. The lowest BCUT2D eigenvalue weighted by Crippen LogP contribution is -2.21. The third kappa shape index (κ3) is 4.70. The number of rotatable bonds is 4. The van der Waals surface area contributed by atoms with Gasteiger partial charge in [0.15, 0.2) is 0 Å². The summed E-state index contributed by atoms with van der Waals surface area (Å²) >= 11 is 12.0. The van der Waals surface area contributed by atoms with Gasteiger partial charge in [0, 0.05) is 33.3 Å². The number of nitriles is 1. The van der Waals surface area contributed by atoms with E-state index in [2.05, 4.69) is 0 Å². The molecule has 0 aromatic heterocycles. The topological polar surface area (TPSA) is 85.3 Å². The Morgan fingerprint density at radius 1 is 1.12 bits per heavy atom. The normalized spacial score (nSPS) is 15.0. The molecule has 4 rings (SSSR count). The van der Waals surface area contributed by atoms with Crippen molar-refractivity contribution in [1.82, 2.24) is 0 Å². The maximum Gasteiger partial charge on any atom is 0.336 e. The first-order chi connectivity index (χ1) is 15.9. The van der Waals surface area contributed by atoms with E-state index in [1.807, 2.05) is 6.07 Å². The highest BCUT2D eigenvalue weighted by Crippen LogP contribution is 2.44. The van der Waals surface area contributed by atoms with Crippen LogP contribution in [-0.2, 0) is 4.79 Å². The third-order valence-electron chi connectivity index (χ3n) is 4.99. The smallest absolute Gasteiger partial charge is 0.336 e. The van der Waals surface area contributed by atoms with Crippen LogP contribution in [0.25, 0.3) is 6.08 Å². The number of nitrogens with zero attached hydrogens (tertiary/aromatic N) is 1. The Kier molecular flexibility index (Phi) is 6.36. The molecule has 164 valence electrons. The molecule has 1 heterocycles. The lowest BCUT2D eigenvalue weighted by atomic mass is 9.83. The number of nitrogens with two attached hydrogens (primary N) is 1.